The normalized spacial score (nSPS) is 11.5. The highest BCUT2D eigenvalue weighted by molar-refractivity contribution is 7.92. The van der Waals surface area contributed by atoms with Gasteiger partial charge in [-0.3, -0.25) is 9.52 Å². The lowest BCUT2D eigenvalue weighted by Crippen LogP contribution is -2.16. The molecule has 9 heteroatoms. The van der Waals surface area contributed by atoms with Crippen LogP contribution >= 0.6 is 11.6 Å². The molecule has 5 aromatic rings. The van der Waals surface area contributed by atoms with Crippen molar-refractivity contribution in [1.29, 1.82) is 0 Å². The Morgan fingerprint density at radius 1 is 0.919 bits per heavy atom. The Morgan fingerprint density at radius 3 is 2.46 bits per heavy atom. The van der Waals surface area contributed by atoms with Crippen molar-refractivity contribution in [3.63, 3.8) is 0 Å². The fraction of sp³-hybridized carbons (Fsp3) is 0.107. The number of hydrogen-bond donors (Lipinski definition) is 2. The van der Waals surface area contributed by atoms with Crippen molar-refractivity contribution < 1.29 is 17.9 Å². The van der Waals surface area contributed by atoms with E-state index in [-0.39, 0.29) is 10.6 Å². The van der Waals surface area contributed by atoms with Crippen molar-refractivity contribution in [1.82, 2.24) is 4.57 Å². The SMILES string of the molecule is CCn1c2ccccc2c2cc(NS(=O)(=O)c3ccc(OC)c(NC(=O)c4cccc(Cl)c4)c3)ccc21. The number of benzene rings is 4. The van der Waals surface area contributed by atoms with E-state index in [1.807, 2.05) is 30.3 Å². The van der Waals surface area contributed by atoms with Gasteiger partial charge in [0.15, 0.2) is 0 Å². The molecule has 0 fully saturated rings. The number of aromatic nitrogens is 1. The van der Waals surface area contributed by atoms with Crippen LogP contribution < -0.4 is 14.8 Å². The van der Waals surface area contributed by atoms with Gasteiger partial charge in [0.25, 0.3) is 15.9 Å². The van der Waals surface area contributed by atoms with Gasteiger partial charge < -0.3 is 14.6 Å². The van der Waals surface area contributed by atoms with Gasteiger partial charge in [-0.2, -0.15) is 0 Å². The zero-order chi connectivity index (χ0) is 26.2. The van der Waals surface area contributed by atoms with E-state index < -0.39 is 15.9 Å². The molecule has 0 spiro atoms. The Bertz CT molecular complexity index is 1760. The second-order valence-electron chi connectivity index (χ2n) is 8.43. The molecule has 0 aliphatic rings. The van der Waals surface area contributed by atoms with E-state index in [1.54, 1.807) is 24.3 Å². The number of rotatable bonds is 7. The van der Waals surface area contributed by atoms with Gasteiger partial charge in [-0.25, -0.2) is 8.42 Å². The van der Waals surface area contributed by atoms with Gasteiger partial charge in [0.2, 0.25) is 0 Å². The number of para-hydroxylation sites is 1. The maximum Gasteiger partial charge on any atom is 0.261 e. The maximum atomic E-state index is 13.3. The van der Waals surface area contributed by atoms with Crippen LogP contribution in [0.5, 0.6) is 5.75 Å². The Labute approximate surface area is 219 Å². The van der Waals surface area contributed by atoms with Crippen molar-refractivity contribution in [3.05, 3.63) is 95.5 Å². The van der Waals surface area contributed by atoms with E-state index in [0.29, 0.717) is 22.0 Å². The lowest BCUT2D eigenvalue weighted by Gasteiger charge is -2.14. The van der Waals surface area contributed by atoms with Gasteiger partial charge in [-0.1, -0.05) is 35.9 Å². The van der Waals surface area contributed by atoms with Crippen LogP contribution in [0.25, 0.3) is 21.8 Å². The Kier molecular flexibility index (Phi) is 6.54. The zero-order valence-electron chi connectivity index (χ0n) is 20.2. The van der Waals surface area contributed by atoms with E-state index in [9.17, 15) is 13.2 Å². The molecular weight excluding hydrogens is 510 g/mol. The summed E-state index contributed by atoms with van der Waals surface area (Å²) in [6.07, 6.45) is 0. The van der Waals surface area contributed by atoms with Crippen LogP contribution in [0.2, 0.25) is 5.02 Å². The highest BCUT2D eigenvalue weighted by Crippen LogP contribution is 2.33. The molecule has 4 aromatic carbocycles. The fourth-order valence-corrected chi connectivity index (χ4v) is 5.71. The van der Waals surface area contributed by atoms with Crippen LogP contribution in [0.1, 0.15) is 17.3 Å². The molecule has 0 aliphatic carbocycles. The highest BCUT2D eigenvalue weighted by Gasteiger charge is 2.19. The van der Waals surface area contributed by atoms with Gasteiger partial charge in [0.1, 0.15) is 5.75 Å². The number of anilines is 2. The third kappa shape index (κ3) is 4.73. The average Bonchev–Trinajstić information content (AvgIpc) is 3.21. The van der Waals surface area contributed by atoms with Crippen LogP contribution in [-0.4, -0.2) is 26.0 Å². The summed E-state index contributed by atoms with van der Waals surface area (Å²) >= 11 is 6.00. The van der Waals surface area contributed by atoms with Crippen molar-refractivity contribution in [2.45, 2.75) is 18.4 Å². The quantitative estimate of drug-likeness (QED) is 0.249. The lowest BCUT2D eigenvalue weighted by molar-refractivity contribution is 0.102. The molecule has 0 bridgehead atoms. The number of halogens is 1. The standard InChI is InChI=1S/C28H24ClN3O4S/c1-3-32-25-10-5-4-9-22(25)23-16-20(11-13-26(23)32)31-37(34,35)21-12-14-27(36-2)24(17-21)30-28(33)18-7-6-8-19(29)15-18/h4-17,31H,3H2,1-2H3,(H,30,33). The van der Waals surface area contributed by atoms with Crippen molar-refractivity contribution in [3.8, 4) is 5.75 Å². The molecule has 0 unspecified atom stereocenters. The minimum atomic E-state index is -3.97. The first-order chi connectivity index (χ1) is 17.8. The van der Waals surface area contributed by atoms with Crippen molar-refractivity contribution in [2.75, 3.05) is 17.1 Å². The number of nitrogens with zero attached hydrogens (tertiary/aromatic N) is 1. The summed E-state index contributed by atoms with van der Waals surface area (Å²) in [4.78, 5) is 12.7. The minimum Gasteiger partial charge on any atom is -0.495 e. The van der Waals surface area contributed by atoms with Gasteiger partial charge >= 0.3 is 0 Å². The predicted molar refractivity (Wildman–Crippen MR) is 148 cm³/mol. The average molecular weight is 534 g/mol. The van der Waals surface area contributed by atoms with Gasteiger partial charge in [0, 0.05) is 44.6 Å². The molecule has 1 heterocycles. The van der Waals surface area contributed by atoms with E-state index in [2.05, 4.69) is 27.6 Å². The van der Waals surface area contributed by atoms with E-state index in [1.165, 1.54) is 31.4 Å². The Balaban J connectivity index is 1.48. The van der Waals surface area contributed by atoms with Gasteiger partial charge in [-0.15, -0.1) is 0 Å². The molecule has 1 aromatic heterocycles. The number of aryl methyl sites for hydroxylation is 1. The largest absolute Gasteiger partial charge is 0.495 e. The van der Waals surface area contributed by atoms with Crippen molar-refractivity contribution in [2.24, 2.45) is 0 Å². The maximum absolute atomic E-state index is 13.3. The number of carbonyl (C=O) groups excluding carboxylic acids is 1. The zero-order valence-corrected chi connectivity index (χ0v) is 21.7. The first-order valence-corrected chi connectivity index (χ1v) is 13.5. The molecule has 5 rings (SSSR count). The Hall–Kier alpha value is -4.01. The molecule has 0 saturated carbocycles. The third-order valence-corrected chi connectivity index (χ3v) is 7.77. The second-order valence-corrected chi connectivity index (χ2v) is 10.5. The molecule has 0 atom stereocenters. The van der Waals surface area contributed by atoms with Gasteiger partial charge in [0.05, 0.1) is 17.7 Å². The molecule has 0 aliphatic heterocycles. The van der Waals surface area contributed by atoms with Crippen LogP contribution in [0, 0.1) is 0 Å². The summed E-state index contributed by atoms with van der Waals surface area (Å²) in [5.41, 5.74) is 3.11. The summed E-state index contributed by atoms with van der Waals surface area (Å²) in [5, 5.41) is 5.14. The van der Waals surface area contributed by atoms with Crippen LogP contribution in [0.4, 0.5) is 11.4 Å². The summed E-state index contributed by atoms with van der Waals surface area (Å²) in [7, 11) is -2.53. The number of nitrogens with one attached hydrogen (secondary N) is 2. The van der Waals surface area contributed by atoms with E-state index in [4.69, 9.17) is 16.3 Å². The topological polar surface area (TPSA) is 89.4 Å². The second kappa shape index (κ2) is 9.80. The smallest absolute Gasteiger partial charge is 0.261 e. The molecule has 1 amide bonds. The molecular formula is C28H24ClN3O4S. The molecule has 0 radical (unpaired) electrons. The predicted octanol–water partition coefficient (Wildman–Crippen LogP) is 6.53. The first-order valence-electron chi connectivity index (χ1n) is 11.6. The number of carbonyl (C=O) groups is 1. The minimum absolute atomic E-state index is 0.0224. The number of sulfonamides is 1. The van der Waals surface area contributed by atoms with Crippen LogP contribution in [-0.2, 0) is 16.6 Å². The highest BCUT2D eigenvalue weighted by atomic mass is 35.5. The number of fused-ring (bicyclic) bond motifs is 3. The summed E-state index contributed by atoms with van der Waals surface area (Å²) < 4.78 is 36.9. The number of methoxy groups -OCH3 is 1. The first kappa shape index (κ1) is 24.7. The fourth-order valence-electron chi connectivity index (χ4n) is 4.45. The van der Waals surface area contributed by atoms with Crippen molar-refractivity contribution >= 4 is 60.7 Å². The molecule has 7 nitrogen and oxygen atoms in total. The number of hydrogen-bond acceptors (Lipinski definition) is 4. The van der Waals surface area contributed by atoms with Gasteiger partial charge in [-0.05, 0) is 67.6 Å². The molecule has 37 heavy (non-hydrogen) atoms. The summed E-state index contributed by atoms with van der Waals surface area (Å²) in [6, 6.07) is 24.3. The van der Waals surface area contributed by atoms with Crippen LogP contribution in [0.15, 0.2) is 89.8 Å². The van der Waals surface area contributed by atoms with E-state index >= 15 is 0 Å². The molecule has 188 valence electrons. The Morgan fingerprint density at radius 2 is 1.70 bits per heavy atom. The molecule has 0 saturated heterocycles. The van der Waals surface area contributed by atoms with Crippen LogP contribution in [0.3, 0.4) is 0 Å². The number of amides is 1. The monoisotopic (exact) mass is 533 g/mol. The third-order valence-electron chi connectivity index (χ3n) is 6.16. The molecule has 2 N–H and O–H groups in total. The lowest BCUT2D eigenvalue weighted by atomic mass is 10.1. The number of ether oxygens (including phenoxy) is 1. The summed E-state index contributed by atoms with van der Waals surface area (Å²) in [6.45, 7) is 2.87. The summed E-state index contributed by atoms with van der Waals surface area (Å²) in [5.74, 6) is -0.121. The van der Waals surface area contributed by atoms with E-state index in [0.717, 1.165) is 28.4 Å².